The monoisotopic (exact) mass is 360 g/mol. The average Bonchev–Trinajstić information content (AvgIpc) is 2.54. The molecule has 1 aromatic rings. The first-order valence-corrected chi connectivity index (χ1v) is 9.05. The van der Waals surface area contributed by atoms with Crippen LogP contribution in [0.3, 0.4) is 0 Å². The molecule has 1 fully saturated rings. The van der Waals surface area contributed by atoms with Crippen LogP contribution in [-0.2, 0) is 20.7 Å². The van der Waals surface area contributed by atoms with Crippen LogP contribution in [0.2, 0.25) is 0 Å². The van der Waals surface area contributed by atoms with Gasteiger partial charge in [-0.1, -0.05) is 30.3 Å². The van der Waals surface area contributed by atoms with Crippen molar-refractivity contribution in [3.63, 3.8) is 0 Å². The van der Waals surface area contributed by atoms with Crippen LogP contribution in [0, 0.1) is 0 Å². The van der Waals surface area contributed by atoms with Gasteiger partial charge >= 0.3 is 6.09 Å². The molecule has 1 atom stereocenters. The highest BCUT2D eigenvalue weighted by Gasteiger charge is 2.28. The number of carbonyl (C=O) groups is 3. The standard InChI is InChI=1S/C20H28N2O4/c1-20(2,3)21-19(25)26-17-10-7-11-22(14-17)18(24)13-16(23)12-15-8-5-4-6-9-15/h4-6,8-9,17H,7,10-14H2,1-3H3,(H,21,25). The molecule has 1 N–H and O–H groups in total. The maximum atomic E-state index is 12.4. The number of likely N-dealkylation sites (tertiary alicyclic amines) is 1. The lowest BCUT2D eigenvalue weighted by Gasteiger charge is -2.33. The van der Waals surface area contributed by atoms with E-state index in [9.17, 15) is 14.4 Å². The third-order valence-electron chi connectivity index (χ3n) is 4.07. The maximum absolute atomic E-state index is 12.4. The van der Waals surface area contributed by atoms with E-state index in [1.54, 1.807) is 4.90 Å². The summed E-state index contributed by atoms with van der Waals surface area (Å²) >= 11 is 0. The van der Waals surface area contributed by atoms with Gasteiger partial charge in [0.15, 0.2) is 0 Å². The highest BCUT2D eigenvalue weighted by molar-refractivity contribution is 5.98. The lowest BCUT2D eigenvalue weighted by atomic mass is 10.0. The van der Waals surface area contributed by atoms with Gasteiger partial charge in [-0.2, -0.15) is 0 Å². The Labute approximate surface area is 154 Å². The van der Waals surface area contributed by atoms with Crippen LogP contribution in [0.1, 0.15) is 45.6 Å². The van der Waals surface area contributed by atoms with Crippen molar-refractivity contribution in [1.82, 2.24) is 10.2 Å². The summed E-state index contributed by atoms with van der Waals surface area (Å²) in [7, 11) is 0. The fourth-order valence-corrected chi connectivity index (χ4v) is 2.91. The molecule has 26 heavy (non-hydrogen) atoms. The van der Waals surface area contributed by atoms with Gasteiger partial charge in [-0.25, -0.2) is 4.79 Å². The molecule has 142 valence electrons. The summed E-state index contributed by atoms with van der Waals surface area (Å²) in [6.07, 6.45) is 0.812. The maximum Gasteiger partial charge on any atom is 0.407 e. The van der Waals surface area contributed by atoms with Crippen molar-refractivity contribution in [1.29, 1.82) is 0 Å². The number of carbonyl (C=O) groups excluding carboxylic acids is 3. The summed E-state index contributed by atoms with van der Waals surface area (Å²) in [5.41, 5.74) is 0.537. The number of hydrogen-bond acceptors (Lipinski definition) is 4. The molecular weight excluding hydrogens is 332 g/mol. The van der Waals surface area contributed by atoms with E-state index in [0.717, 1.165) is 18.4 Å². The number of Topliss-reactive ketones (excluding diaryl/α,β-unsaturated/α-hetero) is 1. The largest absolute Gasteiger partial charge is 0.444 e. The first-order valence-electron chi connectivity index (χ1n) is 9.05. The molecule has 6 heteroatoms. The van der Waals surface area contributed by atoms with Crippen molar-refractivity contribution >= 4 is 17.8 Å². The predicted octanol–water partition coefficient (Wildman–Crippen LogP) is 2.70. The van der Waals surface area contributed by atoms with Crippen LogP contribution in [-0.4, -0.2) is 47.4 Å². The summed E-state index contributed by atoms with van der Waals surface area (Å²) < 4.78 is 5.42. The van der Waals surface area contributed by atoms with Crippen molar-refractivity contribution in [2.24, 2.45) is 0 Å². The number of amides is 2. The Morgan fingerprint density at radius 2 is 1.88 bits per heavy atom. The van der Waals surface area contributed by atoms with E-state index in [1.165, 1.54) is 0 Å². The second-order valence-electron chi connectivity index (χ2n) is 7.76. The molecule has 1 heterocycles. The van der Waals surface area contributed by atoms with Crippen LogP contribution < -0.4 is 5.32 Å². The number of benzene rings is 1. The van der Waals surface area contributed by atoms with E-state index in [2.05, 4.69) is 5.32 Å². The topological polar surface area (TPSA) is 75.7 Å². The van der Waals surface area contributed by atoms with E-state index in [4.69, 9.17) is 4.74 Å². The van der Waals surface area contributed by atoms with Gasteiger partial charge in [0.2, 0.25) is 5.91 Å². The fraction of sp³-hybridized carbons (Fsp3) is 0.550. The summed E-state index contributed by atoms with van der Waals surface area (Å²) in [5, 5.41) is 2.75. The summed E-state index contributed by atoms with van der Waals surface area (Å²) in [4.78, 5) is 38.1. The molecule has 1 saturated heterocycles. The van der Waals surface area contributed by atoms with Gasteiger partial charge in [0.05, 0.1) is 13.0 Å². The second-order valence-corrected chi connectivity index (χ2v) is 7.76. The molecule has 1 aliphatic rings. The Hall–Kier alpha value is -2.37. The van der Waals surface area contributed by atoms with E-state index in [-0.39, 0.29) is 36.2 Å². The predicted molar refractivity (Wildman–Crippen MR) is 98.7 cm³/mol. The number of ketones is 1. The molecule has 0 aliphatic carbocycles. The first-order chi connectivity index (χ1) is 12.2. The molecule has 2 amide bonds. The van der Waals surface area contributed by atoms with Gasteiger partial charge in [-0.15, -0.1) is 0 Å². The Morgan fingerprint density at radius 1 is 1.19 bits per heavy atom. The summed E-state index contributed by atoms with van der Waals surface area (Å²) in [6.45, 7) is 6.57. The molecule has 0 saturated carbocycles. The minimum absolute atomic E-state index is 0.102. The zero-order valence-corrected chi connectivity index (χ0v) is 15.8. The normalized spacial score (nSPS) is 17.5. The molecule has 1 aliphatic heterocycles. The van der Waals surface area contributed by atoms with E-state index in [0.29, 0.717) is 13.1 Å². The van der Waals surface area contributed by atoms with Crippen LogP contribution in [0.5, 0.6) is 0 Å². The molecule has 0 radical (unpaired) electrons. The van der Waals surface area contributed by atoms with E-state index in [1.807, 2.05) is 51.1 Å². The third kappa shape index (κ3) is 6.86. The summed E-state index contributed by atoms with van der Waals surface area (Å²) in [5.74, 6) is -0.301. The van der Waals surface area contributed by atoms with Crippen LogP contribution in [0.15, 0.2) is 30.3 Å². The van der Waals surface area contributed by atoms with Crippen LogP contribution >= 0.6 is 0 Å². The quantitative estimate of drug-likeness (QED) is 0.819. The Bertz CT molecular complexity index is 637. The Kier molecular flexibility index (Phi) is 6.77. The minimum atomic E-state index is -0.475. The third-order valence-corrected chi connectivity index (χ3v) is 4.07. The fourth-order valence-electron chi connectivity index (χ4n) is 2.91. The Morgan fingerprint density at radius 3 is 2.54 bits per heavy atom. The van der Waals surface area contributed by atoms with Crippen molar-refractivity contribution in [2.45, 2.75) is 58.1 Å². The van der Waals surface area contributed by atoms with Gasteiger partial charge in [-0.3, -0.25) is 9.59 Å². The molecule has 0 spiro atoms. The van der Waals surface area contributed by atoms with Gasteiger partial charge in [-0.05, 0) is 39.2 Å². The van der Waals surface area contributed by atoms with Crippen LogP contribution in [0.4, 0.5) is 4.79 Å². The number of hydrogen-bond donors (Lipinski definition) is 1. The zero-order chi connectivity index (χ0) is 19.2. The highest BCUT2D eigenvalue weighted by Crippen LogP contribution is 2.15. The van der Waals surface area contributed by atoms with Crippen molar-refractivity contribution in [3.8, 4) is 0 Å². The number of alkyl carbamates (subject to hydrolysis) is 1. The lowest BCUT2D eigenvalue weighted by molar-refractivity contribution is -0.137. The molecule has 6 nitrogen and oxygen atoms in total. The number of nitrogens with one attached hydrogen (secondary N) is 1. The average molecular weight is 360 g/mol. The molecule has 0 aromatic heterocycles. The Balaban J connectivity index is 1.81. The van der Waals surface area contributed by atoms with Crippen LogP contribution in [0.25, 0.3) is 0 Å². The molecule has 1 unspecified atom stereocenters. The molecule has 2 rings (SSSR count). The number of piperidine rings is 1. The molecule has 1 aromatic carbocycles. The number of nitrogens with zero attached hydrogens (tertiary/aromatic N) is 1. The van der Waals surface area contributed by atoms with Gasteiger partial charge in [0.25, 0.3) is 0 Å². The van der Waals surface area contributed by atoms with E-state index >= 15 is 0 Å². The van der Waals surface area contributed by atoms with Crippen molar-refractivity contribution < 1.29 is 19.1 Å². The summed E-state index contributed by atoms with van der Waals surface area (Å²) in [6, 6.07) is 9.39. The SMILES string of the molecule is CC(C)(C)NC(=O)OC1CCCN(C(=O)CC(=O)Cc2ccccc2)C1. The highest BCUT2D eigenvalue weighted by atomic mass is 16.6. The van der Waals surface area contributed by atoms with Crippen molar-refractivity contribution in [3.05, 3.63) is 35.9 Å². The minimum Gasteiger partial charge on any atom is -0.444 e. The van der Waals surface area contributed by atoms with Gasteiger partial charge in [0, 0.05) is 18.5 Å². The molecular formula is C20H28N2O4. The lowest BCUT2D eigenvalue weighted by Crippen LogP contribution is -2.47. The number of ether oxygens (including phenoxy) is 1. The zero-order valence-electron chi connectivity index (χ0n) is 15.8. The van der Waals surface area contributed by atoms with Gasteiger partial charge in [0.1, 0.15) is 11.9 Å². The van der Waals surface area contributed by atoms with Gasteiger partial charge < -0.3 is 15.0 Å². The first kappa shape index (κ1) is 19.9. The number of rotatable bonds is 5. The smallest absolute Gasteiger partial charge is 0.407 e. The second kappa shape index (κ2) is 8.83. The molecule has 0 bridgehead atoms. The van der Waals surface area contributed by atoms with E-state index < -0.39 is 6.09 Å². The van der Waals surface area contributed by atoms with Crippen molar-refractivity contribution in [2.75, 3.05) is 13.1 Å².